The highest BCUT2D eigenvalue weighted by Gasteiger charge is 2.06. The van der Waals surface area contributed by atoms with E-state index in [0.717, 1.165) is 11.4 Å². The Morgan fingerprint density at radius 2 is 2.40 bits per heavy atom. The van der Waals surface area contributed by atoms with Crippen molar-refractivity contribution in [3.05, 3.63) is 11.9 Å². The fourth-order valence-corrected chi connectivity index (χ4v) is 0.749. The number of nitrogens with zero attached hydrogens (tertiary/aromatic N) is 1. The summed E-state index contributed by atoms with van der Waals surface area (Å²) in [7, 11) is 1.79. The Labute approximate surface area is 58.8 Å². The van der Waals surface area contributed by atoms with E-state index in [0.29, 0.717) is 0 Å². The average Bonchev–Trinajstić information content (AvgIpc) is 2.33. The molecule has 0 atom stereocenters. The maximum atomic E-state index is 5.40. The summed E-state index contributed by atoms with van der Waals surface area (Å²) in [6.07, 6.45) is 1.15. The van der Waals surface area contributed by atoms with E-state index in [2.05, 4.69) is 15.5 Å². The lowest BCUT2D eigenvalue weighted by Gasteiger charge is -2.04. The van der Waals surface area contributed by atoms with Crippen LogP contribution >= 0.6 is 0 Å². The molecule has 0 aliphatic rings. The van der Waals surface area contributed by atoms with Gasteiger partial charge in [0.15, 0.2) is 0 Å². The highest BCUT2D eigenvalue weighted by Crippen LogP contribution is 2.12. The zero-order valence-electron chi connectivity index (χ0n) is 5.76. The number of anilines is 1. The average molecular weight is 141 g/mol. The highest BCUT2D eigenvalue weighted by molar-refractivity contribution is 5.46. The van der Waals surface area contributed by atoms with Gasteiger partial charge >= 0.3 is 0 Å². The van der Waals surface area contributed by atoms with Gasteiger partial charge in [-0.15, -0.1) is 0 Å². The number of H-pyrrole nitrogens is 1. The molecule has 0 aliphatic heterocycles. The normalized spacial score (nSPS) is 10.4. The van der Waals surface area contributed by atoms with Crippen LogP contribution in [0.3, 0.4) is 0 Å². The van der Waals surface area contributed by atoms with Crippen LogP contribution in [0.25, 0.3) is 0 Å². The smallest absolute Gasteiger partial charge is 0.0975 e. The van der Waals surface area contributed by atoms with E-state index in [4.69, 9.17) is 11.5 Å². The van der Waals surface area contributed by atoms with Crippen LogP contribution in [0.5, 0.6) is 0 Å². The lowest BCUT2D eigenvalue weighted by Crippen LogP contribution is -2.21. The third kappa shape index (κ3) is 1.09. The van der Waals surface area contributed by atoms with E-state index in [9.17, 15) is 0 Å². The molecule has 1 heterocycles. The predicted octanol–water partition coefficient (Wildman–Crippen LogP) is -0.633. The number of hydrogen-bond donors (Lipinski definition) is 4. The van der Waals surface area contributed by atoms with Gasteiger partial charge in [0.1, 0.15) is 0 Å². The molecule has 56 valence electrons. The number of nitrogens with two attached hydrogens (primary N) is 2. The Morgan fingerprint density at radius 1 is 1.70 bits per heavy atom. The molecule has 0 radical (unpaired) electrons. The van der Waals surface area contributed by atoms with Crippen molar-refractivity contribution < 1.29 is 0 Å². The second kappa shape index (κ2) is 2.68. The zero-order valence-corrected chi connectivity index (χ0v) is 5.76. The molecule has 5 heteroatoms. The van der Waals surface area contributed by atoms with Gasteiger partial charge in [0, 0.05) is 7.05 Å². The predicted molar refractivity (Wildman–Crippen MR) is 39.3 cm³/mol. The van der Waals surface area contributed by atoms with E-state index in [1.54, 1.807) is 13.2 Å². The maximum absolute atomic E-state index is 5.40. The summed E-state index contributed by atoms with van der Waals surface area (Å²) in [5.74, 6) is 0. The first kappa shape index (κ1) is 7.04. The molecule has 0 bridgehead atoms. The van der Waals surface area contributed by atoms with Crippen LogP contribution in [0.4, 0.5) is 5.69 Å². The first-order valence-corrected chi connectivity index (χ1v) is 2.98. The van der Waals surface area contributed by atoms with E-state index in [1.165, 1.54) is 0 Å². The van der Waals surface area contributed by atoms with Crippen molar-refractivity contribution in [2.24, 2.45) is 11.5 Å². The molecule has 0 unspecified atom stereocenters. The van der Waals surface area contributed by atoms with Gasteiger partial charge in [0.2, 0.25) is 0 Å². The molecule has 1 rings (SSSR count). The molecule has 5 nitrogen and oxygen atoms in total. The minimum Gasteiger partial charge on any atom is -0.385 e. The molecular formula is C5H11N5. The number of aromatic amines is 1. The summed E-state index contributed by atoms with van der Waals surface area (Å²) in [6.45, 7) is 0. The molecule has 10 heavy (non-hydrogen) atoms. The Kier molecular flexibility index (Phi) is 1.88. The molecule has 1 aromatic heterocycles. The van der Waals surface area contributed by atoms with Gasteiger partial charge in [-0.25, -0.2) is 0 Å². The number of aromatic nitrogens is 2. The monoisotopic (exact) mass is 141 g/mol. The Hall–Kier alpha value is -1.07. The van der Waals surface area contributed by atoms with Crippen LogP contribution in [-0.4, -0.2) is 17.2 Å². The van der Waals surface area contributed by atoms with Crippen LogP contribution in [0, 0.1) is 0 Å². The van der Waals surface area contributed by atoms with Crippen molar-refractivity contribution in [3.63, 3.8) is 0 Å². The summed E-state index contributed by atoms with van der Waals surface area (Å²) < 4.78 is 0. The van der Waals surface area contributed by atoms with Gasteiger partial charge in [-0.3, -0.25) is 5.10 Å². The van der Waals surface area contributed by atoms with E-state index in [1.807, 2.05) is 0 Å². The van der Waals surface area contributed by atoms with Gasteiger partial charge in [-0.1, -0.05) is 0 Å². The van der Waals surface area contributed by atoms with Crippen LogP contribution in [-0.2, 0) is 0 Å². The Bertz CT molecular complexity index is 204. The fraction of sp³-hybridized carbons (Fsp3) is 0.400. The molecule has 0 saturated carbocycles. The summed E-state index contributed by atoms with van der Waals surface area (Å²) >= 11 is 0. The maximum Gasteiger partial charge on any atom is 0.0975 e. The van der Waals surface area contributed by atoms with Crippen molar-refractivity contribution in [2.45, 2.75) is 6.17 Å². The highest BCUT2D eigenvalue weighted by atomic mass is 15.2. The van der Waals surface area contributed by atoms with Crippen molar-refractivity contribution in [2.75, 3.05) is 12.4 Å². The second-order valence-electron chi connectivity index (χ2n) is 1.97. The first-order chi connectivity index (χ1) is 4.75. The number of rotatable bonds is 2. The molecular weight excluding hydrogens is 130 g/mol. The van der Waals surface area contributed by atoms with E-state index < -0.39 is 6.17 Å². The summed E-state index contributed by atoms with van der Waals surface area (Å²) in [4.78, 5) is 0. The summed E-state index contributed by atoms with van der Waals surface area (Å²) in [5, 5.41) is 9.36. The zero-order chi connectivity index (χ0) is 7.56. The first-order valence-electron chi connectivity index (χ1n) is 2.98. The standard InChI is InChI=1S/C5H11N5/c1-8-3-2-9-10-4(3)5(6)7/h2,5,8H,6-7H2,1H3,(H,9,10). The SMILES string of the molecule is CNc1cn[nH]c1C(N)N. The lowest BCUT2D eigenvalue weighted by molar-refractivity contribution is 0.736. The Balaban J connectivity index is 2.90. The van der Waals surface area contributed by atoms with E-state index >= 15 is 0 Å². The third-order valence-corrected chi connectivity index (χ3v) is 1.27. The molecule has 0 saturated heterocycles. The molecule has 1 aromatic rings. The molecule has 0 spiro atoms. The van der Waals surface area contributed by atoms with Gasteiger partial charge < -0.3 is 16.8 Å². The van der Waals surface area contributed by atoms with Crippen molar-refractivity contribution in [3.8, 4) is 0 Å². The molecule has 0 aliphatic carbocycles. The van der Waals surface area contributed by atoms with E-state index in [-0.39, 0.29) is 0 Å². The van der Waals surface area contributed by atoms with Crippen molar-refractivity contribution in [1.82, 2.24) is 10.2 Å². The molecule has 0 aromatic carbocycles. The van der Waals surface area contributed by atoms with Gasteiger partial charge in [-0.05, 0) is 0 Å². The van der Waals surface area contributed by atoms with Crippen LogP contribution in [0.2, 0.25) is 0 Å². The molecule has 0 fully saturated rings. The van der Waals surface area contributed by atoms with Crippen LogP contribution < -0.4 is 16.8 Å². The molecule has 6 N–H and O–H groups in total. The number of hydrogen-bond acceptors (Lipinski definition) is 4. The minimum absolute atomic E-state index is 0.495. The van der Waals surface area contributed by atoms with Gasteiger partial charge in [0.25, 0.3) is 0 Å². The number of nitrogens with one attached hydrogen (secondary N) is 2. The minimum atomic E-state index is -0.495. The largest absolute Gasteiger partial charge is 0.385 e. The summed E-state index contributed by atoms with van der Waals surface area (Å²) in [5.41, 5.74) is 12.4. The third-order valence-electron chi connectivity index (χ3n) is 1.27. The van der Waals surface area contributed by atoms with Crippen LogP contribution in [0.15, 0.2) is 6.20 Å². The van der Waals surface area contributed by atoms with Gasteiger partial charge in [-0.2, -0.15) is 5.10 Å². The second-order valence-corrected chi connectivity index (χ2v) is 1.97. The fourth-order valence-electron chi connectivity index (χ4n) is 0.749. The summed E-state index contributed by atoms with van der Waals surface area (Å²) in [6, 6.07) is 0. The molecule has 0 amide bonds. The van der Waals surface area contributed by atoms with Crippen molar-refractivity contribution >= 4 is 5.69 Å². The quantitative estimate of drug-likeness (QED) is 0.412. The topological polar surface area (TPSA) is 92.8 Å². The Morgan fingerprint density at radius 3 is 2.80 bits per heavy atom. The van der Waals surface area contributed by atoms with Crippen LogP contribution in [0.1, 0.15) is 11.9 Å². The van der Waals surface area contributed by atoms with Crippen molar-refractivity contribution in [1.29, 1.82) is 0 Å². The lowest BCUT2D eigenvalue weighted by atomic mass is 10.3. The van der Waals surface area contributed by atoms with Gasteiger partial charge in [0.05, 0.1) is 23.7 Å².